The van der Waals surface area contributed by atoms with E-state index >= 15 is 0 Å². The number of carbonyl (C=O) groups is 1. The van der Waals surface area contributed by atoms with Crippen LogP contribution >= 0.6 is 23.1 Å². The van der Waals surface area contributed by atoms with E-state index in [9.17, 15) is 4.79 Å². The summed E-state index contributed by atoms with van der Waals surface area (Å²) < 4.78 is 6.05. The highest BCUT2D eigenvalue weighted by atomic mass is 32.2. The lowest BCUT2D eigenvalue weighted by molar-refractivity contribution is -0.146. The van der Waals surface area contributed by atoms with Crippen molar-refractivity contribution >= 4 is 29.1 Å². The van der Waals surface area contributed by atoms with E-state index in [0.29, 0.717) is 6.61 Å². The molecule has 0 aliphatic carbocycles. The van der Waals surface area contributed by atoms with Gasteiger partial charge in [-0.25, -0.2) is 0 Å². The molecule has 0 fully saturated rings. The molecule has 1 unspecified atom stereocenters. The SMILES string of the molecule is CCOC(=O)C(C)CSc1cncs1. The van der Waals surface area contributed by atoms with Gasteiger partial charge in [0.2, 0.25) is 0 Å². The van der Waals surface area contributed by atoms with Gasteiger partial charge >= 0.3 is 5.97 Å². The number of aromatic nitrogens is 1. The minimum atomic E-state index is -0.121. The lowest BCUT2D eigenvalue weighted by atomic mass is 10.2. The maximum absolute atomic E-state index is 11.3. The zero-order valence-corrected chi connectivity index (χ0v) is 9.86. The Morgan fingerprint density at radius 2 is 2.57 bits per heavy atom. The summed E-state index contributed by atoms with van der Waals surface area (Å²) in [5.74, 6) is 0.577. The lowest BCUT2D eigenvalue weighted by Crippen LogP contribution is -2.16. The summed E-state index contributed by atoms with van der Waals surface area (Å²) >= 11 is 3.23. The monoisotopic (exact) mass is 231 g/mol. The molecule has 0 aliphatic rings. The molecule has 78 valence electrons. The summed E-state index contributed by atoms with van der Waals surface area (Å²) in [5.41, 5.74) is 1.79. The molecule has 1 atom stereocenters. The number of thioether (sulfide) groups is 1. The summed E-state index contributed by atoms with van der Waals surface area (Å²) in [7, 11) is 0. The number of hydrogen-bond donors (Lipinski definition) is 0. The summed E-state index contributed by atoms with van der Waals surface area (Å²) in [6.45, 7) is 4.15. The van der Waals surface area contributed by atoms with E-state index in [-0.39, 0.29) is 11.9 Å². The molecule has 0 radical (unpaired) electrons. The Balaban J connectivity index is 2.27. The Morgan fingerprint density at radius 1 is 1.79 bits per heavy atom. The highest BCUT2D eigenvalue weighted by Crippen LogP contribution is 2.24. The van der Waals surface area contributed by atoms with Gasteiger partial charge < -0.3 is 4.74 Å². The molecule has 1 aromatic heterocycles. The van der Waals surface area contributed by atoms with Crippen LogP contribution in [0.4, 0.5) is 0 Å². The number of carbonyl (C=O) groups excluding carboxylic acids is 1. The molecule has 1 heterocycles. The first kappa shape index (κ1) is 11.5. The second-order valence-corrected chi connectivity index (χ2v) is 4.99. The number of rotatable bonds is 5. The van der Waals surface area contributed by atoms with Crippen LogP contribution in [0.3, 0.4) is 0 Å². The Labute approximate surface area is 91.9 Å². The smallest absolute Gasteiger partial charge is 0.309 e. The zero-order chi connectivity index (χ0) is 10.4. The molecule has 5 heteroatoms. The maximum atomic E-state index is 11.3. The van der Waals surface area contributed by atoms with Crippen molar-refractivity contribution in [3.8, 4) is 0 Å². The minimum absolute atomic E-state index is 0.0537. The number of hydrogen-bond acceptors (Lipinski definition) is 5. The predicted molar refractivity (Wildman–Crippen MR) is 58.6 cm³/mol. The molecule has 0 aliphatic heterocycles. The Bertz CT molecular complexity index is 274. The molecular formula is C9H13NO2S2. The van der Waals surface area contributed by atoms with Crippen LogP contribution in [0.2, 0.25) is 0 Å². The fourth-order valence-electron chi connectivity index (χ4n) is 0.835. The van der Waals surface area contributed by atoms with E-state index in [0.717, 1.165) is 9.96 Å². The van der Waals surface area contributed by atoms with Crippen LogP contribution in [0, 0.1) is 5.92 Å². The first-order chi connectivity index (χ1) is 6.74. The third kappa shape index (κ3) is 3.67. The van der Waals surface area contributed by atoms with Gasteiger partial charge in [-0.1, -0.05) is 6.92 Å². The highest BCUT2D eigenvalue weighted by molar-refractivity contribution is 8.01. The van der Waals surface area contributed by atoms with E-state index in [2.05, 4.69) is 4.98 Å². The first-order valence-corrected chi connectivity index (χ1v) is 6.28. The molecule has 0 bridgehead atoms. The van der Waals surface area contributed by atoms with Gasteiger partial charge in [0.1, 0.15) is 0 Å². The van der Waals surface area contributed by atoms with Gasteiger partial charge in [-0.3, -0.25) is 9.78 Å². The first-order valence-electron chi connectivity index (χ1n) is 4.42. The molecule has 0 spiro atoms. The van der Waals surface area contributed by atoms with Crippen LogP contribution in [0.5, 0.6) is 0 Å². The Morgan fingerprint density at radius 3 is 3.14 bits per heavy atom. The van der Waals surface area contributed by atoms with Gasteiger partial charge in [-0.15, -0.1) is 23.1 Å². The van der Waals surface area contributed by atoms with Crippen molar-refractivity contribution in [2.45, 2.75) is 18.1 Å². The van der Waals surface area contributed by atoms with E-state index in [4.69, 9.17) is 4.74 Å². The summed E-state index contributed by atoms with van der Waals surface area (Å²) in [4.78, 5) is 15.2. The zero-order valence-electron chi connectivity index (χ0n) is 8.23. The second kappa shape index (κ2) is 6.03. The molecule has 3 nitrogen and oxygen atoms in total. The van der Waals surface area contributed by atoms with Gasteiger partial charge in [-0.05, 0) is 6.92 Å². The fraction of sp³-hybridized carbons (Fsp3) is 0.556. The van der Waals surface area contributed by atoms with Crippen LogP contribution in [-0.2, 0) is 9.53 Å². The predicted octanol–water partition coefficient (Wildman–Crippen LogP) is 2.43. The van der Waals surface area contributed by atoms with Crippen LogP contribution in [0.15, 0.2) is 15.9 Å². The van der Waals surface area contributed by atoms with E-state index in [1.54, 1.807) is 28.6 Å². The third-order valence-electron chi connectivity index (χ3n) is 1.57. The van der Waals surface area contributed by atoms with Crippen molar-refractivity contribution in [1.29, 1.82) is 0 Å². The average Bonchev–Trinajstić information content (AvgIpc) is 2.67. The van der Waals surface area contributed by atoms with Crippen LogP contribution in [-0.4, -0.2) is 23.3 Å². The molecule has 14 heavy (non-hydrogen) atoms. The van der Waals surface area contributed by atoms with Crippen LogP contribution in [0.25, 0.3) is 0 Å². The topological polar surface area (TPSA) is 39.2 Å². The molecule has 1 rings (SSSR count). The summed E-state index contributed by atoms with van der Waals surface area (Å²) in [5, 5.41) is 0. The Kier molecular flexibility index (Phi) is 4.97. The molecule has 1 aromatic rings. The second-order valence-electron chi connectivity index (χ2n) is 2.78. The van der Waals surface area contributed by atoms with Crippen molar-refractivity contribution in [1.82, 2.24) is 4.98 Å². The minimum Gasteiger partial charge on any atom is -0.466 e. The third-order valence-corrected chi connectivity index (χ3v) is 3.84. The van der Waals surface area contributed by atoms with Gasteiger partial charge in [0, 0.05) is 5.75 Å². The van der Waals surface area contributed by atoms with Gasteiger partial charge in [-0.2, -0.15) is 0 Å². The Hall–Kier alpha value is -0.550. The quantitative estimate of drug-likeness (QED) is 0.576. The largest absolute Gasteiger partial charge is 0.466 e. The molecule has 0 saturated carbocycles. The molecular weight excluding hydrogens is 218 g/mol. The van der Waals surface area contributed by atoms with Crippen LogP contribution < -0.4 is 0 Å². The van der Waals surface area contributed by atoms with Crippen molar-refractivity contribution < 1.29 is 9.53 Å². The molecule has 0 amide bonds. The molecule has 0 aromatic carbocycles. The number of ether oxygens (including phenoxy) is 1. The fourth-order valence-corrected chi connectivity index (χ4v) is 2.47. The highest BCUT2D eigenvalue weighted by Gasteiger charge is 2.14. The van der Waals surface area contributed by atoms with E-state index in [1.165, 1.54) is 0 Å². The van der Waals surface area contributed by atoms with Gasteiger partial charge in [0.05, 0.1) is 28.4 Å². The number of esters is 1. The van der Waals surface area contributed by atoms with Gasteiger partial charge in [0.25, 0.3) is 0 Å². The average molecular weight is 231 g/mol. The van der Waals surface area contributed by atoms with Crippen LogP contribution in [0.1, 0.15) is 13.8 Å². The standard InChI is InChI=1S/C9H13NO2S2/c1-3-12-9(11)7(2)5-13-8-4-10-6-14-8/h4,6-7H,3,5H2,1-2H3. The number of thiazole rings is 1. The summed E-state index contributed by atoms with van der Waals surface area (Å²) in [6, 6.07) is 0. The van der Waals surface area contributed by atoms with Crippen molar-refractivity contribution in [2.24, 2.45) is 5.92 Å². The van der Waals surface area contributed by atoms with Crippen molar-refractivity contribution in [3.05, 3.63) is 11.7 Å². The number of nitrogens with zero attached hydrogens (tertiary/aromatic N) is 1. The maximum Gasteiger partial charge on any atom is 0.309 e. The van der Waals surface area contributed by atoms with Gasteiger partial charge in [0.15, 0.2) is 0 Å². The lowest BCUT2D eigenvalue weighted by Gasteiger charge is -2.08. The van der Waals surface area contributed by atoms with Crippen molar-refractivity contribution in [3.63, 3.8) is 0 Å². The van der Waals surface area contributed by atoms with Crippen molar-refractivity contribution in [2.75, 3.05) is 12.4 Å². The summed E-state index contributed by atoms with van der Waals surface area (Å²) in [6.07, 6.45) is 1.81. The van der Waals surface area contributed by atoms with E-state index in [1.807, 2.05) is 20.0 Å². The molecule has 0 saturated heterocycles. The molecule has 0 N–H and O–H groups in total. The normalized spacial score (nSPS) is 12.4. The van der Waals surface area contributed by atoms with E-state index < -0.39 is 0 Å².